The molecule has 2 aromatic carbocycles. The zero-order chi connectivity index (χ0) is 18.9. The molecule has 2 aromatic rings. The van der Waals surface area contributed by atoms with Crippen LogP contribution in [-0.2, 0) is 11.3 Å². The summed E-state index contributed by atoms with van der Waals surface area (Å²) in [4.78, 5) is 4.73. The number of guanidine groups is 1. The molecule has 4 nitrogen and oxygen atoms in total. The van der Waals surface area contributed by atoms with E-state index in [0.29, 0.717) is 12.5 Å². The Labute approximate surface area is 163 Å². The maximum absolute atomic E-state index is 6.14. The van der Waals surface area contributed by atoms with Crippen molar-refractivity contribution in [2.75, 3.05) is 19.7 Å². The molecule has 144 valence electrons. The summed E-state index contributed by atoms with van der Waals surface area (Å²) in [5.41, 5.74) is 3.78. The van der Waals surface area contributed by atoms with Crippen LogP contribution in [0.3, 0.4) is 0 Å². The Bertz CT molecular complexity index is 712. The fourth-order valence-electron chi connectivity index (χ4n) is 3.50. The molecule has 1 aliphatic rings. The first-order valence-corrected chi connectivity index (χ1v) is 10.0. The second-order valence-electron chi connectivity index (χ2n) is 7.17. The normalized spacial score (nSPS) is 20.3. The van der Waals surface area contributed by atoms with Crippen LogP contribution in [0.1, 0.15) is 42.6 Å². The molecule has 0 spiro atoms. The average molecular weight is 366 g/mol. The maximum atomic E-state index is 6.14. The zero-order valence-corrected chi connectivity index (χ0v) is 16.4. The van der Waals surface area contributed by atoms with Crippen molar-refractivity contribution in [2.45, 2.75) is 39.3 Å². The van der Waals surface area contributed by atoms with Crippen LogP contribution in [0.15, 0.2) is 59.6 Å². The second kappa shape index (κ2) is 10.1. The van der Waals surface area contributed by atoms with Crippen LogP contribution in [0.25, 0.3) is 0 Å². The molecule has 2 unspecified atom stereocenters. The lowest BCUT2D eigenvalue weighted by Crippen LogP contribution is -2.42. The lowest BCUT2D eigenvalue weighted by Gasteiger charge is -2.32. The van der Waals surface area contributed by atoms with Gasteiger partial charge in [-0.1, -0.05) is 60.2 Å². The number of hydrogen-bond acceptors (Lipinski definition) is 2. The van der Waals surface area contributed by atoms with Crippen LogP contribution in [0.5, 0.6) is 0 Å². The van der Waals surface area contributed by atoms with Crippen molar-refractivity contribution in [1.82, 2.24) is 10.6 Å². The fourth-order valence-corrected chi connectivity index (χ4v) is 3.50. The molecule has 1 heterocycles. The predicted molar refractivity (Wildman–Crippen MR) is 112 cm³/mol. The molecule has 0 radical (unpaired) electrons. The largest absolute Gasteiger partial charge is 0.373 e. The van der Waals surface area contributed by atoms with E-state index in [-0.39, 0.29) is 6.10 Å². The molecule has 0 amide bonds. The van der Waals surface area contributed by atoms with Gasteiger partial charge in [-0.3, -0.25) is 0 Å². The van der Waals surface area contributed by atoms with Crippen molar-refractivity contribution in [3.8, 4) is 0 Å². The highest BCUT2D eigenvalue weighted by Crippen LogP contribution is 2.33. The average Bonchev–Trinajstić information content (AvgIpc) is 2.72. The van der Waals surface area contributed by atoms with Gasteiger partial charge in [0.1, 0.15) is 0 Å². The molecule has 3 rings (SSSR count). The Kier molecular flexibility index (Phi) is 7.28. The van der Waals surface area contributed by atoms with Crippen LogP contribution < -0.4 is 10.6 Å². The molecule has 1 fully saturated rings. The molecule has 0 aliphatic carbocycles. The van der Waals surface area contributed by atoms with Crippen LogP contribution in [0.2, 0.25) is 0 Å². The Morgan fingerprint density at radius 3 is 2.59 bits per heavy atom. The quantitative estimate of drug-likeness (QED) is 0.595. The first-order chi connectivity index (χ1) is 13.3. The van der Waals surface area contributed by atoms with Crippen molar-refractivity contribution in [3.05, 3.63) is 71.3 Å². The van der Waals surface area contributed by atoms with E-state index in [9.17, 15) is 0 Å². The summed E-state index contributed by atoms with van der Waals surface area (Å²) in [6, 6.07) is 19.1. The van der Waals surface area contributed by atoms with Crippen LogP contribution >= 0.6 is 0 Å². The highest BCUT2D eigenvalue weighted by molar-refractivity contribution is 5.79. The summed E-state index contributed by atoms with van der Waals surface area (Å²) in [6.45, 7) is 7.45. The molecule has 2 atom stereocenters. The first-order valence-electron chi connectivity index (χ1n) is 10.0. The number of hydrogen-bond donors (Lipinski definition) is 2. The summed E-state index contributed by atoms with van der Waals surface area (Å²) in [7, 11) is 0. The van der Waals surface area contributed by atoms with Crippen molar-refractivity contribution in [1.29, 1.82) is 0 Å². The van der Waals surface area contributed by atoms with Gasteiger partial charge in [0, 0.05) is 25.6 Å². The number of benzene rings is 2. The molecule has 27 heavy (non-hydrogen) atoms. The summed E-state index contributed by atoms with van der Waals surface area (Å²) in [6.07, 6.45) is 2.44. The lowest BCUT2D eigenvalue weighted by molar-refractivity contribution is -0.0265. The number of aryl methyl sites for hydroxylation is 1. The molecule has 0 bridgehead atoms. The van der Waals surface area contributed by atoms with E-state index < -0.39 is 0 Å². The fraction of sp³-hybridized carbons (Fsp3) is 0.435. The number of aliphatic imine (C=N–C) groups is 1. The number of nitrogens with zero attached hydrogens (tertiary/aromatic N) is 1. The molecule has 2 N–H and O–H groups in total. The van der Waals surface area contributed by atoms with E-state index >= 15 is 0 Å². The molecular weight excluding hydrogens is 334 g/mol. The molecule has 0 saturated carbocycles. The van der Waals surface area contributed by atoms with E-state index in [1.807, 2.05) is 6.07 Å². The third-order valence-corrected chi connectivity index (χ3v) is 4.99. The van der Waals surface area contributed by atoms with Gasteiger partial charge in [-0.15, -0.1) is 0 Å². The van der Waals surface area contributed by atoms with Gasteiger partial charge in [-0.05, 0) is 37.8 Å². The standard InChI is InChI=1S/C23H31N3O/c1-3-24-23(25-16-19-8-5-4-6-9-19)26-17-21-10-7-15-27-22(21)20-13-11-18(2)12-14-20/h4-6,8-9,11-14,21-22H,3,7,10,15-17H2,1-2H3,(H2,24,25,26). The molecule has 0 aromatic heterocycles. The smallest absolute Gasteiger partial charge is 0.191 e. The van der Waals surface area contributed by atoms with Gasteiger partial charge in [0.2, 0.25) is 0 Å². The molecule has 1 saturated heterocycles. The minimum Gasteiger partial charge on any atom is -0.373 e. The number of nitrogens with one attached hydrogen (secondary N) is 2. The summed E-state index contributed by atoms with van der Waals surface area (Å²) in [5.74, 6) is 1.32. The second-order valence-corrected chi connectivity index (χ2v) is 7.17. The van der Waals surface area contributed by atoms with Crippen LogP contribution in [0.4, 0.5) is 0 Å². The minimum absolute atomic E-state index is 0.156. The Morgan fingerprint density at radius 1 is 1.07 bits per heavy atom. The first kappa shape index (κ1) is 19.4. The number of rotatable bonds is 6. The topological polar surface area (TPSA) is 45.7 Å². The number of ether oxygens (including phenoxy) is 1. The van der Waals surface area contributed by atoms with Gasteiger partial charge in [0.15, 0.2) is 5.96 Å². The van der Waals surface area contributed by atoms with Gasteiger partial charge >= 0.3 is 0 Å². The van der Waals surface area contributed by atoms with Gasteiger partial charge in [0.25, 0.3) is 0 Å². The molecule has 1 aliphatic heterocycles. The summed E-state index contributed by atoms with van der Waals surface area (Å²) < 4.78 is 6.14. The van der Waals surface area contributed by atoms with Gasteiger partial charge in [-0.2, -0.15) is 0 Å². The Morgan fingerprint density at radius 2 is 1.85 bits per heavy atom. The lowest BCUT2D eigenvalue weighted by atomic mass is 9.89. The third kappa shape index (κ3) is 5.83. The predicted octanol–water partition coefficient (Wildman–Crippen LogP) is 4.22. The van der Waals surface area contributed by atoms with E-state index in [0.717, 1.165) is 32.1 Å². The zero-order valence-electron chi connectivity index (χ0n) is 16.4. The van der Waals surface area contributed by atoms with E-state index in [4.69, 9.17) is 9.73 Å². The van der Waals surface area contributed by atoms with Gasteiger partial charge < -0.3 is 15.4 Å². The SMILES string of the molecule is CCNC(=NCc1ccccc1)NCC1CCCOC1c1ccc(C)cc1. The molecular formula is C23H31N3O. The third-order valence-electron chi connectivity index (χ3n) is 4.99. The minimum atomic E-state index is 0.156. The van der Waals surface area contributed by atoms with Crippen molar-refractivity contribution in [3.63, 3.8) is 0 Å². The summed E-state index contributed by atoms with van der Waals surface area (Å²) in [5, 5.41) is 6.88. The summed E-state index contributed by atoms with van der Waals surface area (Å²) >= 11 is 0. The highest BCUT2D eigenvalue weighted by atomic mass is 16.5. The van der Waals surface area contributed by atoms with Gasteiger partial charge in [-0.25, -0.2) is 4.99 Å². The van der Waals surface area contributed by atoms with Crippen molar-refractivity contribution in [2.24, 2.45) is 10.9 Å². The highest BCUT2D eigenvalue weighted by Gasteiger charge is 2.27. The monoisotopic (exact) mass is 365 g/mol. The molecule has 4 heteroatoms. The van der Waals surface area contributed by atoms with E-state index in [1.54, 1.807) is 0 Å². The van der Waals surface area contributed by atoms with Crippen molar-refractivity contribution >= 4 is 5.96 Å². The van der Waals surface area contributed by atoms with Crippen LogP contribution in [-0.4, -0.2) is 25.7 Å². The Hall–Kier alpha value is -2.33. The van der Waals surface area contributed by atoms with E-state index in [1.165, 1.54) is 23.1 Å². The van der Waals surface area contributed by atoms with Crippen LogP contribution in [0, 0.1) is 12.8 Å². The van der Waals surface area contributed by atoms with Crippen molar-refractivity contribution < 1.29 is 4.74 Å². The maximum Gasteiger partial charge on any atom is 0.191 e. The Balaban J connectivity index is 1.62. The van der Waals surface area contributed by atoms with Gasteiger partial charge in [0.05, 0.1) is 12.6 Å². The van der Waals surface area contributed by atoms with E-state index in [2.05, 4.69) is 73.0 Å².